The van der Waals surface area contributed by atoms with Gasteiger partial charge in [-0.05, 0) is 30.3 Å². The number of thioether (sulfide) groups is 1. The van der Waals surface area contributed by atoms with Gasteiger partial charge in [-0.25, -0.2) is 9.37 Å². The Labute approximate surface area is 156 Å². The average molecular weight is 389 g/mol. The molecule has 3 rings (SSSR count). The Kier molecular flexibility index (Phi) is 5.87. The minimum atomic E-state index is -0.494. The van der Waals surface area contributed by atoms with Gasteiger partial charge in [0.1, 0.15) is 10.8 Å². The van der Waals surface area contributed by atoms with Gasteiger partial charge in [-0.15, -0.1) is 21.5 Å². The highest BCUT2D eigenvalue weighted by Crippen LogP contribution is 2.17. The fraction of sp³-hybridized carbons (Fsp3) is 0.0625. The van der Waals surface area contributed by atoms with Crippen molar-refractivity contribution in [2.45, 2.75) is 5.03 Å². The molecule has 1 aromatic carbocycles. The lowest BCUT2D eigenvalue weighted by molar-refractivity contribution is -0.113. The average Bonchev–Trinajstić information content (AvgIpc) is 3.14. The molecular weight excluding hydrogens is 377 g/mol. The van der Waals surface area contributed by atoms with Crippen molar-refractivity contribution in [2.75, 3.05) is 16.4 Å². The van der Waals surface area contributed by atoms with Crippen molar-refractivity contribution in [1.82, 2.24) is 15.2 Å². The lowest BCUT2D eigenvalue weighted by atomic mass is 10.2. The molecule has 7 nitrogen and oxygen atoms in total. The van der Waals surface area contributed by atoms with E-state index in [9.17, 15) is 14.0 Å². The Bertz CT molecular complexity index is 903. The Morgan fingerprint density at radius 3 is 2.73 bits per heavy atom. The maximum absolute atomic E-state index is 13.1. The highest BCUT2D eigenvalue weighted by atomic mass is 32.2. The number of hydrogen-bond acceptors (Lipinski definition) is 7. The molecule has 0 radical (unpaired) electrons. The molecular formula is C16H12FN5O2S2. The van der Waals surface area contributed by atoms with E-state index in [1.54, 1.807) is 23.7 Å². The van der Waals surface area contributed by atoms with Crippen molar-refractivity contribution < 1.29 is 14.0 Å². The van der Waals surface area contributed by atoms with Crippen molar-refractivity contribution in [1.29, 1.82) is 0 Å². The first-order valence-corrected chi connectivity index (χ1v) is 9.19. The molecule has 0 aliphatic heterocycles. The van der Waals surface area contributed by atoms with Crippen LogP contribution < -0.4 is 10.6 Å². The lowest BCUT2D eigenvalue weighted by Crippen LogP contribution is -2.14. The van der Waals surface area contributed by atoms with Crippen LogP contribution in [-0.2, 0) is 4.79 Å². The third-order valence-electron chi connectivity index (χ3n) is 3.00. The van der Waals surface area contributed by atoms with E-state index >= 15 is 0 Å². The van der Waals surface area contributed by atoms with Crippen molar-refractivity contribution in [3.05, 3.63) is 59.4 Å². The zero-order valence-corrected chi connectivity index (χ0v) is 14.8. The van der Waals surface area contributed by atoms with E-state index in [-0.39, 0.29) is 23.0 Å². The first-order chi connectivity index (χ1) is 12.6. The minimum absolute atomic E-state index is 0.156. The van der Waals surface area contributed by atoms with Crippen LogP contribution in [0.3, 0.4) is 0 Å². The van der Waals surface area contributed by atoms with Crippen LogP contribution in [0, 0.1) is 5.82 Å². The van der Waals surface area contributed by atoms with Gasteiger partial charge in [0.15, 0.2) is 10.9 Å². The Morgan fingerprint density at radius 2 is 2.04 bits per heavy atom. The van der Waals surface area contributed by atoms with E-state index in [0.29, 0.717) is 10.2 Å². The summed E-state index contributed by atoms with van der Waals surface area (Å²) in [6, 6.07) is 8.53. The quantitative estimate of drug-likeness (QED) is 0.629. The summed E-state index contributed by atoms with van der Waals surface area (Å²) in [4.78, 5) is 27.8. The van der Waals surface area contributed by atoms with Crippen molar-refractivity contribution >= 4 is 45.9 Å². The zero-order chi connectivity index (χ0) is 18.4. The van der Waals surface area contributed by atoms with Crippen LogP contribution >= 0.6 is 23.1 Å². The number of thiazole rings is 1. The Hall–Kier alpha value is -2.85. The molecule has 0 unspecified atom stereocenters. The number of carbonyl (C=O) groups excluding carboxylic acids is 2. The molecule has 26 heavy (non-hydrogen) atoms. The third-order valence-corrected chi connectivity index (χ3v) is 4.61. The summed E-state index contributed by atoms with van der Waals surface area (Å²) < 4.78 is 13.1. The summed E-state index contributed by atoms with van der Waals surface area (Å²) in [7, 11) is 0. The number of halogens is 1. The number of nitrogens with zero attached hydrogens (tertiary/aromatic N) is 3. The highest BCUT2D eigenvalue weighted by molar-refractivity contribution is 7.99. The standard InChI is InChI=1S/C16H12FN5O2S2/c17-11-3-1-2-10(8-11)15(24)19-12-4-5-14(22-21-12)26-9-13(23)20-16-18-6-7-25-16/h1-8H,9H2,(H,18,20,23)(H,19,21,24). The first-order valence-electron chi connectivity index (χ1n) is 7.33. The van der Waals surface area contributed by atoms with Crippen LogP contribution in [0.2, 0.25) is 0 Å². The molecule has 2 aromatic heterocycles. The van der Waals surface area contributed by atoms with Gasteiger partial charge in [-0.3, -0.25) is 9.59 Å². The van der Waals surface area contributed by atoms with Crippen molar-refractivity contribution in [2.24, 2.45) is 0 Å². The number of aromatic nitrogens is 3. The highest BCUT2D eigenvalue weighted by Gasteiger charge is 2.09. The maximum atomic E-state index is 13.1. The van der Waals surface area contributed by atoms with Crippen LogP contribution in [0.5, 0.6) is 0 Å². The molecule has 0 spiro atoms. The second-order valence-electron chi connectivity index (χ2n) is 4.90. The fourth-order valence-electron chi connectivity index (χ4n) is 1.86. The van der Waals surface area contributed by atoms with Crippen LogP contribution in [0.4, 0.5) is 15.3 Å². The molecule has 0 bridgehead atoms. The largest absolute Gasteiger partial charge is 0.305 e. The minimum Gasteiger partial charge on any atom is -0.305 e. The summed E-state index contributed by atoms with van der Waals surface area (Å²) in [6.07, 6.45) is 1.61. The molecule has 10 heteroatoms. The number of carbonyl (C=O) groups is 2. The second kappa shape index (κ2) is 8.50. The predicted octanol–water partition coefficient (Wildman–Crippen LogP) is 3.06. The van der Waals surface area contributed by atoms with E-state index in [4.69, 9.17) is 0 Å². The predicted molar refractivity (Wildman–Crippen MR) is 97.9 cm³/mol. The van der Waals surface area contributed by atoms with E-state index in [0.717, 1.165) is 6.07 Å². The number of nitrogens with one attached hydrogen (secondary N) is 2. The molecule has 2 amide bonds. The van der Waals surface area contributed by atoms with Crippen LogP contribution in [0.15, 0.2) is 53.0 Å². The third kappa shape index (κ3) is 5.07. The Balaban J connectivity index is 1.51. The van der Waals surface area contributed by atoms with Crippen molar-refractivity contribution in [3.8, 4) is 0 Å². The SMILES string of the molecule is O=C(CSc1ccc(NC(=O)c2cccc(F)c2)nn1)Nc1nccs1. The zero-order valence-electron chi connectivity index (χ0n) is 13.2. The van der Waals surface area contributed by atoms with Gasteiger partial charge in [0.2, 0.25) is 5.91 Å². The normalized spacial score (nSPS) is 10.3. The van der Waals surface area contributed by atoms with Gasteiger partial charge in [-0.2, -0.15) is 0 Å². The van der Waals surface area contributed by atoms with Crippen LogP contribution in [0.1, 0.15) is 10.4 Å². The molecule has 0 saturated heterocycles. The van der Waals surface area contributed by atoms with E-state index < -0.39 is 11.7 Å². The van der Waals surface area contributed by atoms with Gasteiger partial charge < -0.3 is 10.6 Å². The summed E-state index contributed by atoms with van der Waals surface area (Å²) in [5.41, 5.74) is 0.184. The molecule has 2 heterocycles. The van der Waals surface area contributed by atoms with E-state index in [1.807, 2.05) is 0 Å². The molecule has 0 saturated carbocycles. The lowest BCUT2D eigenvalue weighted by Gasteiger charge is -2.05. The van der Waals surface area contributed by atoms with Gasteiger partial charge in [0.05, 0.1) is 5.75 Å². The molecule has 132 valence electrons. The van der Waals surface area contributed by atoms with Crippen LogP contribution in [0.25, 0.3) is 0 Å². The molecule has 0 atom stereocenters. The summed E-state index contributed by atoms with van der Waals surface area (Å²) in [6.45, 7) is 0. The number of amides is 2. The second-order valence-corrected chi connectivity index (χ2v) is 6.79. The number of rotatable bonds is 6. The smallest absolute Gasteiger partial charge is 0.256 e. The van der Waals surface area contributed by atoms with E-state index in [1.165, 1.54) is 41.3 Å². The summed E-state index contributed by atoms with van der Waals surface area (Å²) in [5, 5.41) is 15.9. The van der Waals surface area contributed by atoms with Crippen LogP contribution in [-0.4, -0.2) is 32.7 Å². The van der Waals surface area contributed by atoms with Gasteiger partial charge >= 0.3 is 0 Å². The molecule has 0 aliphatic rings. The Morgan fingerprint density at radius 1 is 1.15 bits per heavy atom. The fourth-order valence-corrected chi connectivity index (χ4v) is 3.02. The topological polar surface area (TPSA) is 96.9 Å². The monoisotopic (exact) mass is 389 g/mol. The first kappa shape index (κ1) is 18.0. The summed E-state index contributed by atoms with van der Waals surface area (Å²) >= 11 is 2.54. The molecule has 3 aromatic rings. The molecule has 0 fully saturated rings. The maximum Gasteiger partial charge on any atom is 0.256 e. The van der Waals surface area contributed by atoms with Crippen molar-refractivity contribution in [3.63, 3.8) is 0 Å². The van der Waals surface area contributed by atoms with Gasteiger partial charge in [0.25, 0.3) is 5.91 Å². The number of hydrogen-bond donors (Lipinski definition) is 2. The molecule has 0 aliphatic carbocycles. The van der Waals surface area contributed by atoms with E-state index in [2.05, 4.69) is 25.8 Å². The number of benzene rings is 1. The summed E-state index contributed by atoms with van der Waals surface area (Å²) in [5.74, 6) is -0.789. The molecule has 2 N–H and O–H groups in total. The number of anilines is 2. The van der Waals surface area contributed by atoms with Gasteiger partial charge in [-0.1, -0.05) is 17.8 Å². The van der Waals surface area contributed by atoms with Gasteiger partial charge in [0, 0.05) is 17.1 Å².